The molecular weight excluding hydrogens is 394 g/mol. The molecule has 2 aromatic rings. The van der Waals surface area contributed by atoms with Gasteiger partial charge in [-0.25, -0.2) is 0 Å². The Kier molecular flexibility index (Phi) is 7.87. The molecule has 3 N–H and O–H groups in total. The summed E-state index contributed by atoms with van der Waals surface area (Å²) in [4.78, 5) is 26.6. The van der Waals surface area contributed by atoms with Gasteiger partial charge in [0.05, 0.1) is 25.8 Å². The lowest BCUT2D eigenvalue weighted by molar-refractivity contribution is -0.126. The molecule has 0 aliphatic carbocycles. The van der Waals surface area contributed by atoms with Crippen LogP contribution >= 0.6 is 12.4 Å². The number of nitrogens with two attached hydrogens (primary N) is 1. The van der Waals surface area contributed by atoms with Crippen molar-refractivity contribution in [2.24, 2.45) is 11.7 Å². The van der Waals surface area contributed by atoms with Gasteiger partial charge in [-0.3, -0.25) is 9.59 Å². The standard InChI is InChI=1S/C21H25N3O4.ClH/c1-27-17-9-16(10-18(11-17)28-2)24-13-15(8-20(24)25)21(26)23-12-19(22)14-6-4-3-5-7-14;/h3-7,9-11,15,19H,8,12-13,22H2,1-2H3,(H,23,26);1H. The molecule has 0 saturated carbocycles. The van der Waals surface area contributed by atoms with Gasteiger partial charge < -0.3 is 25.4 Å². The number of anilines is 1. The molecule has 29 heavy (non-hydrogen) atoms. The second-order valence-corrected chi connectivity index (χ2v) is 6.74. The van der Waals surface area contributed by atoms with Crippen LogP contribution in [0.4, 0.5) is 5.69 Å². The zero-order valence-corrected chi connectivity index (χ0v) is 17.3. The normalized spacial score (nSPS) is 16.7. The SMILES string of the molecule is COc1cc(OC)cc(N2CC(C(=O)NCC(N)c3ccccc3)CC2=O)c1.Cl. The number of ether oxygens (including phenoxy) is 2. The third-order valence-electron chi connectivity index (χ3n) is 4.87. The highest BCUT2D eigenvalue weighted by Crippen LogP contribution is 2.32. The van der Waals surface area contributed by atoms with E-state index in [1.165, 1.54) is 0 Å². The van der Waals surface area contributed by atoms with E-state index in [-0.39, 0.29) is 36.7 Å². The molecule has 1 aliphatic heterocycles. The topological polar surface area (TPSA) is 93.9 Å². The number of nitrogens with zero attached hydrogens (tertiary/aromatic N) is 1. The van der Waals surface area contributed by atoms with Crippen LogP contribution in [0.15, 0.2) is 48.5 Å². The Bertz CT molecular complexity index is 825. The highest BCUT2D eigenvalue weighted by molar-refractivity contribution is 6.00. The fourth-order valence-electron chi connectivity index (χ4n) is 3.25. The smallest absolute Gasteiger partial charge is 0.227 e. The third-order valence-corrected chi connectivity index (χ3v) is 4.87. The molecule has 7 nitrogen and oxygen atoms in total. The van der Waals surface area contributed by atoms with E-state index in [9.17, 15) is 9.59 Å². The van der Waals surface area contributed by atoms with Crippen LogP contribution < -0.4 is 25.4 Å². The van der Waals surface area contributed by atoms with Crippen LogP contribution in [0.5, 0.6) is 11.5 Å². The van der Waals surface area contributed by atoms with Gasteiger partial charge in [0.15, 0.2) is 0 Å². The summed E-state index contributed by atoms with van der Waals surface area (Å²) in [5, 5.41) is 2.87. The van der Waals surface area contributed by atoms with E-state index < -0.39 is 5.92 Å². The lowest BCUT2D eigenvalue weighted by Gasteiger charge is -2.19. The molecule has 3 rings (SSSR count). The molecule has 1 fully saturated rings. The molecule has 2 unspecified atom stereocenters. The van der Waals surface area contributed by atoms with Crippen molar-refractivity contribution < 1.29 is 19.1 Å². The van der Waals surface area contributed by atoms with E-state index in [1.54, 1.807) is 37.3 Å². The molecule has 8 heteroatoms. The van der Waals surface area contributed by atoms with Crippen LogP contribution in [0, 0.1) is 5.92 Å². The maximum atomic E-state index is 12.6. The predicted molar refractivity (Wildman–Crippen MR) is 114 cm³/mol. The molecule has 1 heterocycles. The summed E-state index contributed by atoms with van der Waals surface area (Å²) in [6, 6.07) is 14.5. The first kappa shape index (κ1) is 22.5. The summed E-state index contributed by atoms with van der Waals surface area (Å²) in [7, 11) is 3.10. The fourth-order valence-corrected chi connectivity index (χ4v) is 3.25. The lowest BCUT2D eigenvalue weighted by atomic mass is 10.1. The van der Waals surface area contributed by atoms with Crippen molar-refractivity contribution in [3.8, 4) is 11.5 Å². The number of benzene rings is 2. The van der Waals surface area contributed by atoms with Crippen LogP contribution in [0.3, 0.4) is 0 Å². The van der Waals surface area contributed by atoms with Gasteiger partial charge in [-0.05, 0) is 5.56 Å². The molecule has 0 bridgehead atoms. The fraction of sp³-hybridized carbons (Fsp3) is 0.333. The molecular formula is C21H26ClN3O4. The summed E-state index contributed by atoms with van der Waals surface area (Å²) in [6.45, 7) is 0.627. The number of hydrogen-bond donors (Lipinski definition) is 2. The Morgan fingerprint density at radius 3 is 2.38 bits per heavy atom. The minimum Gasteiger partial charge on any atom is -0.497 e. The van der Waals surface area contributed by atoms with Gasteiger partial charge in [0.1, 0.15) is 11.5 Å². The number of halogens is 1. The molecule has 0 radical (unpaired) electrons. The second kappa shape index (κ2) is 10.1. The van der Waals surface area contributed by atoms with Gasteiger partial charge in [-0.15, -0.1) is 12.4 Å². The number of nitrogens with one attached hydrogen (secondary N) is 1. The van der Waals surface area contributed by atoms with Crippen LogP contribution in [0.25, 0.3) is 0 Å². The van der Waals surface area contributed by atoms with Gasteiger partial charge >= 0.3 is 0 Å². The Balaban J connectivity index is 0.00000300. The van der Waals surface area contributed by atoms with Crippen molar-refractivity contribution in [2.45, 2.75) is 12.5 Å². The van der Waals surface area contributed by atoms with E-state index in [4.69, 9.17) is 15.2 Å². The maximum Gasteiger partial charge on any atom is 0.227 e. The second-order valence-electron chi connectivity index (χ2n) is 6.74. The molecule has 1 aliphatic rings. The third kappa shape index (κ3) is 5.40. The largest absolute Gasteiger partial charge is 0.497 e. The minimum atomic E-state index is -0.423. The van der Waals surface area contributed by atoms with Crippen LogP contribution in [-0.4, -0.2) is 39.1 Å². The quantitative estimate of drug-likeness (QED) is 0.718. The van der Waals surface area contributed by atoms with Crippen molar-refractivity contribution in [1.29, 1.82) is 0 Å². The average Bonchev–Trinajstić information content (AvgIpc) is 3.13. The van der Waals surface area contributed by atoms with Crippen molar-refractivity contribution in [3.63, 3.8) is 0 Å². The number of rotatable bonds is 7. The molecule has 0 spiro atoms. The van der Waals surface area contributed by atoms with Crippen LogP contribution in [0.1, 0.15) is 18.0 Å². The summed E-state index contributed by atoms with van der Waals surface area (Å²) in [5.74, 6) is 0.473. The highest BCUT2D eigenvalue weighted by Gasteiger charge is 2.35. The maximum absolute atomic E-state index is 12.6. The molecule has 2 amide bonds. The number of methoxy groups -OCH3 is 2. The van der Waals surface area contributed by atoms with Gasteiger partial charge in [-0.1, -0.05) is 30.3 Å². The van der Waals surface area contributed by atoms with Crippen molar-refractivity contribution in [2.75, 3.05) is 32.2 Å². The average molecular weight is 420 g/mol. The Hall–Kier alpha value is -2.77. The number of carbonyl (C=O) groups excluding carboxylic acids is 2. The molecule has 156 valence electrons. The number of carbonyl (C=O) groups is 2. The van der Waals surface area contributed by atoms with Crippen LogP contribution in [0.2, 0.25) is 0 Å². The molecule has 2 aromatic carbocycles. The highest BCUT2D eigenvalue weighted by atomic mass is 35.5. The van der Waals surface area contributed by atoms with Gasteiger partial charge in [-0.2, -0.15) is 0 Å². The summed E-state index contributed by atoms with van der Waals surface area (Å²) in [6.07, 6.45) is 0.159. The van der Waals surface area contributed by atoms with E-state index >= 15 is 0 Å². The van der Waals surface area contributed by atoms with Crippen molar-refractivity contribution in [3.05, 3.63) is 54.1 Å². The number of hydrogen-bond acceptors (Lipinski definition) is 5. The summed E-state index contributed by atoms with van der Waals surface area (Å²) < 4.78 is 10.5. The van der Waals surface area contributed by atoms with Crippen molar-refractivity contribution >= 4 is 29.9 Å². The van der Waals surface area contributed by atoms with E-state index in [0.29, 0.717) is 30.3 Å². The molecule has 0 aromatic heterocycles. The number of amides is 2. The Morgan fingerprint density at radius 2 is 1.79 bits per heavy atom. The van der Waals surface area contributed by atoms with Crippen molar-refractivity contribution in [1.82, 2.24) is 5.32 Å². The van der Waals surface area contributed by atoms with E-state index in [1.807, 2.05) is 30.3 Å². The van der Waals surface area contributed by atoms with E-state index in [0.717, 1.165) is 5.56 Å². The monoisotopic (exact) mass is 419 g/mol. The van der Waals surface area contributed by atoms with Gasteiger partial charge in [0.2, 0.25) is 11.8 Å². The van der Waals surface area contributed by atoms with E-state index in [2.05, 4.69) is 5.32 Å². The summed E-state index contributed by atoms with van der Waals surface area (Å²) >= 11 is 0. The first-order chi connectivity index (χ1) is 13.5. The Morgan fingerprint density at radius 1 is 1.17 bits per heavy atom. The van der Waals surface area contributed by atoms with Crippen LogP contribution in [-0.2, 0) is 9.59 Å². The minimum absolute atomic E-state index is 0. The zero-order chi connectivity index (χ0) is 20.1. The van der Waals surface area contributed by atoms with Gasteiger partial charge in [0.25, 0.3) is 0 Å². The summed E-state index contributed by atoms with van der Waals surface area (Å²) in [5.41, 5.74) is 7.74. The van der Waals surface area contributed by atoms with Gasteiger partial charge in [0, 0.05) is 43.8 Å². The molecule has 2 atom stereocenters. The molecule has 1 saturated heterocycles. The zero-order valence-electron chi connectivity index (χ0n) is 16.5. The first-order valence-electron chi connectivity index (χ1n) is 9.13. The Labute approximate surface area is 176 Å². The predicted octanol–water partition coefficient (Wildman–Crippen LogP) is 2.29. The lowest BCUT2D eigenvalue weighted by Crippen LogP contribution is -2.37. The first-order valence-corrected chi connectivity index (χ1v) is 9.13.